The lowest BCUT2D eigenvalue weighted by Gasteiger charge is -2.19. The third kappa shape index (κ3) is 4.41. The molecule has 1 heterocycles. The molecule has 1 aliphatic carbocycles. The number of nitrogens with zero attached hydrogens (tertiary/aromatic N) is 1. The van der Waals surface area contributed by atoms with Crippen molar-refractivity contribution in [1.82, 2.24) is 10.3 Å². The fourth-order valence-corrected chi connectivity index (χ4v) is 2.37. The molecule has 18 heavy (non-hydrogen) atoms. The van der Waals surface area contributed by atoms with E-state index in [9.17, 15) is 0 Å². The maximum atomic E-state index is 4.35. The van der Waals surface area contributed by atoms with Crippen LogP contribution in [0, 0.1) is 18.8 Å². The molecule has 0 aliphatic heterocycles. The van der Waals surface area contributed by atoms with Crippen LogP contribution in [0.15, 0.2) is 18.3 Å². The average molecular weight is 246 g/mol. The van der Waals surface area contributed by atoms with Crippen LogP contribution >= 0.6 is 0 Å². The van der Waals surface area contributed by atoms with Crippen molar-refractivity contribution < 1.29 is 0 Å². The van der Waals surface area contributed by atoms with Crippen molar-refractivity contribution in [2.75, 3.05) is 0 Å². The van der Waals surface area contributed by atoms with Crippen LogP contribution in [0.1, 0.15) is 50.8 Å². The minimum Gasteiger partial charge on any atom is -0.310 e. The zero-order valence-electron chi connectivity index (χ0n) is 11.9. The van der Waals surface area contributed by atoms with E-state index >= 15 is 0 Å². The highest BCUT2D eigenvalue weighted by atomic mass is 14.9. The first-order chi connectivity index (χ1) is 8.65. The van der Waals surface area contributed by atoms with Gasteiger partial charge >= 0.3 is 0 Å². The highest BCUT2D eigenvalue weighted by molar-refractivity contribution is 5.13. The number of aryl methyl sites for hydroxylation is 1. The molecular weight excluding hydrogens is 220 g/mol. The first kappa shape index (κ1) is 13.5. The van der Waals surface area contributed by atoms with Crippen LogP contribution < -0.4 is 5.32 Å². The molecule has 2 heteroatoms. The zero-order valence-corrected chi connectivity index (χ0v) is 11.9. The smallest absolute Gasteiger partial charge is 0.0372 e. The molecule has 1 aliphatic rings. The Kier molecular flexibility index (Phi) is 4.76. The van der Waals surface area contributed by atoms with Crippen LogP contribution in [0.2, 0.25) is 0 Å². The Labute approximate surface area is 111 Å². The predicted molar refractivity (Wildman–Crippen MR) is 76.4 cm³/mol. The van der Waals surface area contributed by atoms with Gasteiger partial charge in [-0.25, -0.2) is 0 Å². The maximum Gasteiger partial charge on any atom is 0.0372 e. The standard InChI is InChI=1S/C16H26N2/c1-12(2)4-9-16(15-7-8-15)18-11-14-6-5-13(3)17-10-14/h5-6,10,12,15-16,18H,4,7-9,11H2,1-3H3. The number of hydrogen-bond donors (Lipinski definition) is 1. The molecule has 0 bridgehead atoms. The molecule has 1 N–H and O–H groups in total. The highest BCUT2D eigenvalue weighted by Crippen LogP contribution is 2.35. The number of hydrogen-bond acceptors (Lipinski definition) is 2. The van der Waals surface area contributed by atoms with Crippen molar-refractivity contribution in [3.05, 3.63) is 29.6 Å². The molecule has 100 valence electrons. The van der Waals surface area contributed by atoms with Crippen molar-refractivity contribution >= 4 is 0 Å². The summed E-state index contributed by atoms with van der Waals surface area (Å²) >= 11 is 0. The highest BCUT2D eigenvalue weighted by Gasteiger charge is 2.30. The number of aromatic nitrogens is 1. The van der Waals surface area contributed by atoms with Crippen molar-refractivity contribution in [2.24, 2.45) is 11.8 Å². The van der Waals surface area contributed by atoms with Gasteiger partial charge in [-0.2, -0.15) is 0 Å². The first-order valence-corrected chi connectivity index (χ1v) is 7.30. The van der Waals surface area contributed by atoms with Gasteiger partial charge in [-0.1, -0.05) is 19.9 Å². The Morgan fingerprint density at radius 3 is 2.61 bits per heavy atom. The third-order valence-corrected chi connectivity index (χ3v) is 3.79. The number of rotatable bonds is 7. The van der Waals surface area contributed by atoms with E-state index in [1.54, 1.807) is 0 Å². The summed E-state index contributed by atoms with van der Waals surface area (Å²) in [5, 5.41) is 3.73. The molecule has 1 aromatic heterocycles. The SMILES string of the molecule is Cc1ccc(CNC(CCC(C)C)C2CC2)cn1. The molecule has 1 saturated carbocycles. The Bertz CT molecular complexity index is 352. The molecule has 1 fully saturated rings. The molecule has 2 nitrogen and oxygen atoms in total. The van der Waals surface area contributed by atoms with E-state index in [2.05, 4.69) is 36.3 Å². The van der Waals surface area contributed by atoms with Gasteiger partial charge in [0.25, 0.3) is 0 Å². The minimum atomic E-state index is 0.716. The van der Waals surface area contributed by atoms with Crippen molar-refractivity contribution in [3.63, 3.8) is 0 Å². The molecule has 1 aromatic rings. The summed E-state index contributed by atoms with van der Waals surface area (Å²) < 4.78 is 0. The average Bonchev–Trinajstić information content (AvgIpc) is 3.15. The normalized spacial score (nSPS) is 17.1. The van der Waals surface area contributed by atoms with E-state index in [4.69, 9.17) is 0 Å². The van der Waals surface area contributed by atoms with Gasteiger partial charge in [-0.15, -0.1) is 0 Å². The molecule has 0 amide bonds. The maximum absolute atomic E-state index is 4.35. The number of nitrogens with one attached hydrogen (secondary N) is 1. The summed E-state index contributed by atoms with van der Waals surface area (Å²) in [7, 11) is 0. The van der Waals surface area contributed by atoms with Gasteiger partial charge in [0, 0.05) is 24.5 Å². The van der Waals surface area contributed by atoms with Crippen LogP contribution in [0.4, 0.5) is 0 Å². The van der Waals surface area contributed by atoms with E-state index in [0.717, 1.165) is 24.1 Å². The summed E-state index contributed by atoms with van der Waals surface area (Å²) in [6.07, 6.45) is 7.49. The lowest BCUT2D eigenvalue weighted by molar-refractivity contribution is 0.394. The van der Waals surface area contributed by atoms with Gasteiger partial charge in [-0.3, -0.25) is 4.98 Å². The third-order valence-electron chi connectivity index (χ3n) is 3.79. The second kappa shape index (κ2) is 6.33. The minimum absolute atomic E-state index is 0.716. The summed E-state index contributed by atoms with van der Waals surface area (Å²) in [6, 6.07) is 4.99. The predicted octanol–water partition coefficient (Wildman–Crippen LogP) is 3.69. The molecule has 0 radical (unpaired) electrons. The van der Waals surface area contributed by atoms with Gasteiger partial charge < -0.3 is 5.32 Å². The van der Waals surface area contributed by atoms with E-state index in [-0.39, 0.29) is 0 Å². The van der Waals surface area contributed by atoms with E-state index < -0.39 is 0 Å². The summed E-state index contributed by atoms with van der Waals surface area (Å²) in [6.45, 7) is 7.63. The Hall–Kier alpha value is -0.890. The van der Waals surface area contributed by atoms with Gasteiger partial charge in [0.05, 0.1) is 0 Å². The summed E-state index contributed by atoms with van der Waals surface area (Å²) in [4.78, 5) is 4.35. The van der Waals surface area contributed by atoms with Gasteiger partial charge in [0.15, 0.2) is 0 Å². The Morgan fingerprint density at radius 1 is 1.28 bits per heavy atom. The van der Waals surface area contributed by atoms with E-state index in [0.29, 0.717) is 6.04 Å². The van der Waals surface area contributed by atoms with Crippen molar-refractivity contribution in [1.29, 1.82) is 0 Å². The first-order valence-electron chi connectivity index (χ1n) is 7.30. The zero-order chi connectivity index (χ0) is 13.0. The van der Waals surface area contributed by atoms with Crippen molar-refractivity contribution in [2.45, 2.75) is 59.0 Å². The van der Waals surface area contributed by atoms with E-state index in [1.165, 1.54) is 31.2 Å². The van der Waals surface area contributed by atoms with Crippen LogP contribution in [0.5, 0.6) is 0 Å². The Balaban J connectivity index is 1.80. The second-order valence-corrected chi connectivity index (χ2v) is 6.10. The molecule has 1 atom stereocenters. The molecule has 1 unspecified atom stereocenters. The van der Waals surface area contributed by atoms with Gasteiger partial charge in [0.1, 0.15) is 0 Å². The Morgan fingerprint density at radius 2 is 2.06 bits per heavy atom. The van der Waals surface area contributed by atoms with Gasteiger partial charge in [-0.05, 0) is 56.1 Å². The molecule has 0 spiro atoms. The fraction of sp³-hybridized carbons (Fsp3) is 0.688. The van der Waals surface area contributed by atoms with Crippen LogP contribution in [-0.2, 0) is 6.54 Å². The molecule has 0 aromatic carbocycles. The monoisotopic (exact) mass is 246 g/mol. The lowest BCUT2D eigenvalue weighted by atomic mass is 10.00. The van der Waals surface area contributed by atoms with E-state index in [1.807, 2.05) is 13.1 Å². The fourth-order valence-electron chi connectivity index (χ4n) is 2.37. The molecular formula is C16H26N2. The topological polar surface area (TPSA) is 24.9 Å². The van der Waals surface area contributed by atoms with Crippen LogP contribution in [0.25, 0.3) is 0 Å². The summed E-state index contributed by atoms with van der Waals surface area (Å²) in [5.41, 5.74) is 2.40. The van der Waals surface area contributed by atoms with Crippen LogP contribution in [-0.4, -0.2) is 11.0 Å². The van der Waals surface area contributed by atoms with Crippen molar-refractivity contribution in [3.8, 4) is 0 Å². The lowest BCUT2D eigenvalue weighted by Crippen LogP contribution is -2.31. The van der Waals surface area contributed by atoms with Gasteiger partial charge in [0.2, 0.25) is 0 Å². The molecule has 2 rings (SSSR count). The second-order valence-electron chi connectivity index (χ2n) is 6.10. The largest absolute Gasteiger partial charge is 0.310 e. The van der Waals surface area contributed by atoms with Crippen LogP contribution in [0.3, 0.4) is 0 Å². The molecule has 0 saturated heterocycles. The quantitative estimate of drug-likeness (QED) is 0.793. The number of pyridine rings is 1. The summed E-state index contributed by atoms with van der Waals surface area (Å²) in [5.74, 6) is 1.75.